The molecule has 3 nitrogen and oxygen atoms in total. The van der Waals surface area contributed by atoms with Crippen LogP contribution in [-0.2, 0) is 9.53 Å². The Morgan fingerprint density at radius 2 is 1.89 bits per heavy atom. The minimum absolute atomic E-state index is 0.316. The largest absolute Gasteiger partial charge is 0.479 e. The highest BCUT2D eigenvalue weighted by molar-refractivity contribution is 6.30. The summed E-state index contributed by atoms with van der Waals surface area (Å²) in [5.74, 6) is -0.766. The van der Waals surface area contributed by atoms with E-state index in [4.69, 9.17) is 16.3 Å². The molecule has 1 aromatic carbocycles. The molecule has 7 heteroatoms. The lowest BCUT2D eigenvalue weighted by Crippen LogP contribution is -2.30. The monoisotopic (exact) mass is 282 g/mol. The topological polar surface area (TPSA) is 35.5 Å². The Morgan fingerprint density at radius 3 is 2.39 bits per heavy atom. The lowest BCUT2D eigenvalue weighted by atomic mass is 10.3. The van der Waals surface area contributed by atoms with E-state index in [-0.39, 0.29) is 0 Å². The molecule has 1 atom stereocenters. The van der Waals surface area contributed by atoms with Crippen molar-refractivity contribution in [3.63, 3.8) is 0 Å². The van der Waals surface area contributed by atoms with E-state index in [0.717, 1.165) is 0 Å². The van der Waals surface area contributed by atoms with Crippen LogP contribution in [0.3, 0.4) is 0 Å². The lowest BCUT2D eigenvalue weighted by Gasteiger charge is -2.14. The average molecular weight is 283 g/mol. The Morgan fingerprint density at radius 1 is 1.33 bits per heavy atom. The molecule has 0 fully saturated rings. The zero-order valence-electron chi connectivity index (χ0n) is 9.33. The van der Waals surface area contributed by atoms with Crippen molar-refractivity contribution >= 4 is 17.6 Å². The maximum atomic E-state index is 11.8. The highest BCUT2D eigenvalue weighted by atomic mass is 35.5. The van der Waals surface area contributed by atoms with Crippen LogP contribution < -0.4 is 4.74 Å². The van der Waals surface area contributed by atoms with Crippen molar-refractivity contribution in [3.8, 4) is 5.75 Å². The molecule has 0 unspecified atom stereocenters. The summed E-state index contributed by atoms with van der Waals surface area (Å²) >= 11 is 5.64. The van der Waals surface area contributed by atoms with Crippen LogP contribution in [0.1, 0.15) is 6.92 Å². The Hall–Kier alpha value is -1.43. The summed E-state index contributed by atoms with van der Waals surface area (Å²) in [5.41, 5.74) is 0. The van der Waals surface area contributed by atoms with Crippen molar-refractivity contribution < 1.29 is 27.4 Å². The fraction of sp³-hybridized carbons (Fsp3) is 0.364. The molecular weight excluding hydrogens is 273 g/mol. The molecule has 0 spiro atoms. The zero-order chi connectivity index (χ0) is 13.8. The normalized spacial score (nSPS) is 12.9. The summed E-state index contributed by atoms with van der Waals surface area (Å²) in [5, 5.41) is 0.481. The molecule has 0 saturated heterocycles. The van der Waals surface area contributed by atoms with Crippen LogP contribution in [0.5, 0.6) is 5.75 Å². The van der Waals surface area contributed by atoms with E-state index >= 15 is 0 Å². The van der Waals surface area contributed by atoms with Gasteiger partial charge in [-0.25, -0.2) is 4.79 Å². The number of benzene rings is 1. The lowest BCUT2D eigenvalue weighted by molar-refractivity contribution is -0.190. The molecule has 0 amide bonds. The van der Waals surface area contributed by atoms with Crippen LogP contribution in [0.15, 0.2) is 24.3 Å². The summed E-state index contributed by atoms with van der Waals surface area (Å²) in [7, 11) is 0. The van der Waals surface area contributed by atoms with Gasteiger partial charge in [0.15, 0.2) is 12.7 Å². The molecule has 0 heterocycles. The molecule has 0 aromatic heterocycles. The average Bonchev–Trinajstić information content (AvgIpc) is 2.28. The smallest absolute Gasteiger partial charge is 0.422 e. The Balaban J connectivity index is 2.47. The van der Waals surface area contributed by atoms with Gasteiger partial charge in [-0.1, -0.05) is 11.6 Å². The van der Waals surface area contributed by atoms with Crippen LogP contribution in [-0.4, -0.2) is 24.9 Å². The number of halogens is 4. The molecular formula is C11H10ClF3O3. The van der Waals surface area contributed by atoms with Crippen molar-refractivity contribution in [1.29, 1.82) is 0 Å². The number of hydrogen-bond acceptors (Lipinski definition) is 3. The van der Waals surface area contributed by atoms with Gasteiger partial charge in [-0.05, 0) is 31.2 Å². The quantitative estimate of drug-likeness (QED) is 0.796. The van der Waals surface area contributed by atoms with E-state index in [0.29, 0.717) is 10.8 Å². The maximum Gasteiger partial charge on any atom is 0.422 e. The van der Waals surface area contributed by atoms with Crippen molar-refractivity contribution in [2.75, 3.05) is 6.61 Å². The first-order chi connectivity index (χ1) is 8.28. The molecule has 0 aliphatic rings. The van der Waals surface area contributed by atoms with Gasteiger partial charge in [0, 0.05) is 5.02 Å². The third-order valence-electron chi connectivity index (χ3n) is 1.84. The summed E-state index contributed by atoms with van der Waals surface area (Å²) in [6, 6.07) is 6.06. The number of carbonyl (C=O) groups excluding carboxylic acids is 1. The van der Waals surface area contributed by atoms with E-state index < -0.39 is 24.9 Å². The molecule has 0 bridgehead atoms. The maximum absolute atomic E-state index is 11.8. The van der Waals surface area contributed by atoms with Gasteiger partial charge in [0.1, 0.15) is 5.75 Å². The second-order valence-corrected chi connectivity index (χ2v) is 3.87. The van der Waals surface area contributed by atoms with Crippen molar-refractivity contribution in [2.24, 2.45) is 0 Å². The van der Waals surface area contributed by atoms with Gasteiger partial charge in [-0.2, -0.15) is 13.2 Å². The van der Waals surface area contributed by atoms with Crippen LogP contribution in [0.25, 0.3) is 0 Å². The number of rotatable bonds is 4. The van der Waals surface area contributed by atoms with Gasteiger partial charge in [0.25, 0.3) is 0 Å². The first-order valence-corrected chi connectivity index (χ1v) is 5.31. The summed E-state index contributed by atoms with van der Waals surface area (Å²) in [4.78, 5) is 11.2. The SMILES string of the molecule is C[C@H](Oc1ccc(Cl)cc1)C(=O)OCC(F)(F)F. The van der Waals surface area contributed by atoms with Gasteiger partial charge in [0.05, 0.1) is 0 Å². The Labute approximate surface area is 106 Å². The van der Waals surface area contributed by atoms with E-state index in [9.17, 15) is 18.0 Å². The number of alkyl halides is 3. The molecule has 1 rings (SSSR count). The van der Waals surface area contributed by atoms with Crippen molar-refractivity contribution in [2.45, 2.75) is 19.2 Å². The molecule has 0 N–H and O–H groups in total. The molecule has 100 valence electrons. The highest BCUT2D eigenvalue weighted by Gasteiger charge is 2.31. The highest BCUT2D eigenvalue weighted by Crippen LogP contribution is 2.18. The van der Waals surface area contributed by atoms with Crippen LogP contribution in [0.2, 0.25) is 5.02 Å². The minimum Gasteiger partial charge on any atom is -0.479 e. The van der Waals surface area contributed by atoms with E-state index in [1.54, 1.807) is 0 Å². The van der Waals surface area contributed by atoms with Crippen LogP contribution in [0, 0.1) is 0 Å². The summed E-state index contributed by atoms with van der Waals surface area (Å²) in [6.45, 7) is -0.326. The molecule has 0 aliphatic carbocycles. The molecule has 0 saturated carbocycles. The predicted molar refractivity (Wildman–Crippen MR) is 58.6 cm³/mol. The third-order valence-corrected chi connectivity index (χ3v) is 2.09. The van der Waals surface area contributed by atoms with Gasteiger partial charge >= 0.3 is 12.1 Å². The standard InChI is InChI=1S/C11H10ClF3O3/c1-7(10(16)17-6-11(13,14)15)18-9-4-2-8(12)3-5-9/h2-5,7H,6H2,1H3/t7-/m0/s1. The predicted octanol–water partition coefficient (Wildman–Crippen LogP) is 3.21. The number of esters is 1. The van der Waals surface area contributed by atoms with Crippen LogP contribution in [0.4, 0.5) is 13.2 Å². The van der Waals surface area contributed by atoms with Crippen LogP contribution >= 0.6 is 11.6 Å². The zero-order valence-corrected chi connectivity index (χ0v) is 10.1. The fourth-order valence-corrected chi connectivity index (χ4v) is 1.16. The fourth-order valence-electron chi connectivity index (χ4n) is 1.04. The summed E-state index contributed by atoms with van der Waals surface area (Å²) in [6.07, 6.45) is -5.68. The third kappa shape index (κ3) is 5.27. The van der Waals surface area contributed by atoms with Gasteiger partial charge in [-0.3, -0.25) is 0 Å². The first-order valence-electron chi connectivity index (χ1n) is 4.93. The molecule has 1 aromatic rings. The second kappa shape index (κ2) is 5.95. The number of hydrogen-bond donors (Lipinski definition) is 0. The first kappa shape index (κ1) is 14.6. The minimum atomic E-state index is -4.55. The molecule has 18 heavy (non-hydrogen) atoms. The van der Waals surface area contributed by atoms with Crippen molar-refractivity contribution in [1.82, 2.24) is 0 Å². The summed E-state index contributed by atoms with van der Waals surface area (Å²) < 4.78 is 44.6. The van der Waals surface area contributed by atoms with Gasteiger partial charge in [-0.15, -0.1) is 0 Å². The number of carbonyl (C=O) groups is 1. The Kier molecular flexibility index (Phi) is 4.84. The van der Waals surface area contributed by atoms with E-state index in [1.165, 1.54) is 31.2 Å². The molecule has 0 radical (unpaired) electrons. The van der Waals surface area contributed by atoms with Gasteiger partial charge < -0.3 is 9.47 Å². The molecule has 0 aliphatic heterocycles. The van der Waals surface area contributed by atoms with E-state index in [2.05, 4.69) is 4.74 Å². The van der Waals surface area contributed by atoms with Crippen molar-refractivity contribution in [3.05, 3.63) is 29.3 Å². The van der Waals surface area contributed by atoms with E-state index in [1.807, 2.05) is 0 Å². The second-order valence-electron chi connectivity index (χ2n) is 3.44. The Bertz CT molecular complexity index is 403. The number of ether oxygens (including phenoxy) is 2. The van der Waals surface area contributed by atoms with Gasteiger partial charge in [0.2, 0.25) is 0 Å².